The molecule has 7 aromatic heterocycles. The predicted octanol–water partition coefficient (Wildman–Crippen LogP) is 13.0. The third-order valence-electron chi connectivity index (χ3n) is 8.36. The summed E-state index contributed by atoms with van der Waals surface area (Å²) < 4.78 is 32.0. The van der Waals surface area contributed by atoms with E-state index in [0.717, 1.165) is 20.0 Å². The number of benzene rings is 2. The Balaban J connectivity index is 0.000000170. The van der Waals surface area contributed by atoms with Crippen molar-refractivity contribution in [1.82, 2.24) is 34.3 Å². The van der Waals surface area contributed by atoms with Gasteiger partial charge in [-0.15, -0.1) is 0 Å². The molecule has 59 heavy (non-hydrogen) atoms. The van der Waals surface area contributed by atoms with Gasteiger partial charge < -0.3 is 5.73 Å². The zero-order valence-electron chi connectivity index (χ0n) is 29.5. The number of pyridine rings is 6. The van der Waals surface area contributed by atoms with E-state index < -0.39 is 16.4 Å². The Labute approximate surface area is 372 Å². The molecular weight excluding hydrogens is 993 g/mol. The van der Waals surface area contributed by atoms with Gasteiger partial charge >= 0.3 is 0 Å². The topological polar surface area (TPSA) is 125 Å². The zero-order valence-corrected chi connectivity index (χ0v) is 35.8. The highest BCUT2D eigenvalue weighted by Crippen LogP contribution is 2.35. The third-order valence-corrected chi connectivity index (χ3v) is 10.6. The molecule has 0 aliphatic rings. The van der Waals surface area contributed by atoms with Gasteiger partial charge in [0, 0.05) is 49.3 Å². The van der Waals surface area contributed by atoms with Crippen LogP contribution in [0.3, 0.4) is 0 Å². The molecule has 2 N–H and O–H groups in total. The van der Waals surface area contributed by atoms with Crippen molar-refractivity contribution in [3.8, 4) is 22.6 Å². The van der Waals surface area contributed by atoms with Crippen LogP contribution in [0.25, 0.3) is 50.4 Å². The number of nitrogen functional groups attached to an aromatic ring is 1. The van der Waals surface area contributed by atoms with Crippen LogP contribution in [0, 0.1) is 11.6 Å². The molecule has 2 aromatic carbocycles. The van der Waals surface area contributed by atoms with Crippen molar-refractivity contribution >= 4 is 110 Å². The number of hydrogen-bond acceptors (Lipinski definition) is 8. The standard InChI is InChI=1S/C21H11BrClFN4.C16H8Br2ClFN2O.C5H6N2.CH4/c22-12-9-18-16(25-11-12)6-7-17(26-18)21-20(14-10-13(23)4-5-15(14)24)27-19-3-1-2-8-28(19)21;17-8-5-14-12(21-7-8)3-4-13(22-14)15(18)16(23)10-6-9(19)1-2-11(10)20;6-5-3-1-2-4-7-5;/h1-11H;1-7,15H;1-4H,(H2,6,7);1H4. The normalized spacial score (nSPS) is 11.2. The number of hydrogen-bond donors (Lipinski definition) is 1. The lowest BCUT2D eigenvalue weighted by atomic mass is 10.1. The van der Waals surface area contributed by atoms with Gasteiger partial charge in [-0.05, 0) is 129 Å². The quantitative estimate of drug-likeness (QED) is 0.133. The van der Waals surface area contributed by atoms with Crippen molar-refractivity contribution in [2.24, 2.45) is 0 Å². The lowest BCUT2D eigenvalue weighted by Crippen LogP contribution is -2.10. The first-order valence-electron chi connectivity index (χ1n) is 17.0. The predicted molar refractivity (Wildman–Crippen MR) is 242 cm³/mol. The first-order chi connectivity index (χ1) is 27.9. The summed E-state index contributed by atoms with van der Waals surface area (Å²) in [5.74, 6) is -0.879. The van der Waals surface area contributed by atoms with E-state index in [9.17, 15) is 13.6 Å². The number of halogens is 7. The van der Waals surface area contributed by atoms with E-state index in [2.05, 4.69) is 72.7 Å². The van der Waals surface area contributed by atoms with Crippen LogP contribution in [0.5, 0.6) is 0 Å². The van der Waals surface area contributed by atoms with Crippen molar-refractivity contribution < 1.29 is 13.6 Å². The summed E-state index contributed by atoms with van der Waals surface area (Å²) in [5, 5.41) is 0.744. The molecule has 0 amide bonds. The summed E-state index contributed by atoms with van der Waals surface area (Å²) in [4.78, 5) is 37.9. The van der Waals surface area contributed by atoms with Gasteiger partial charge in [-0.1, -0.05) is 58.7 Å². The van der Waals surface area contributed by atoms with Crippen LogP contribution in [-0.4, -0.2) is 40.1 Å². The van der Waals surface area contributed by atoms with Crippen molar-refractivity contribution in [3.63, 3.8) is 0 Å². The first-order valence-corrected chi connectivity index (χ1v) is 20.3. The molecule has 9 rings (SSSR count). The summed E-state index contributed by atoms with van der Waals surface area (Å²) in [7, 11) is 0. The molecule has 0 saturated carbocycles. The van der Waals surface area contributed by atoms with Crippen LogP contribution in [0.1, 0.15) is 28.3 Å². The molecule has 0 aliphatic heterocycles. The molecule has 0 spiro atoms. The molecule has 0 bridgehead atoms. The molecule has 0 aliphatic carbocycles. The second kappa shape index (κ2) is 19.2. The molecule has 1 unspecified atom stereocenters. The number of alkyl halides is 1. The molecule has 0 radical (unpaired) electrons. The average Bonchev–Trinajstić information content (AvgIpc) is 3.62. The molecular formula is C43H29Br3Cl2F2N8O. The van der Waals surface area contributed by atoms with Crippen molar-refractivity contribution in [3.05, 3.63) is 176 Å². The van der Waals surface area contributed by atoms with Gasteiger partial charge in [-0.3, -0.25) is 19.2 Å². The number of fused-ring (bicyclic) bond motifs is 3. The molecule has 9 aromatic rings. The Bertz CT molecular complexity index is 2960. The molecule has 0 saturated heterocycles. The molecule has 16 heteroatoms. The lowest BCUT2D eigenvalue weighted by molar-refractivity contribution is 0.0986. The fourth-order valence-corrected chi connectivity index (χ4v) is 7.18. The third kappa shape index (κ3) is 10.1. The number of rotatable bonds is 5. The van der Waals surface area contributed by atoms with Crippen LogP contribution < -0.4 is 5.73 Å². The molecule has 9 nitrogen and oxygen atoms in total. The van der Waals surface area contributed by atoms with Crippen LogP contribution in [-0.2, 0) is 0 Å². The van der Waals surface area contributed by atoms with Gasteiger partial charge in [-0.2, -0.15) is 0 Å². The Kier molecular flexibility index (Phi) is 14.1. The van der Waals surface area contributed by atoms with E-state index in [1.807, 2.05) is 59.1 Å². The number of nitrogens with zero attached hydrogens (tertiary/aromatic N) is 7. The Morgan fingerprint density at radius 2 is 1.34 bits per heavy atom. The maximum Gasteiger partial charge on any atom is 0.185 e. The van der Waals surface area contributed by atoms with Crippen molar-refractivity contribution in [2.75, 3.05) is 5.73 Å². The number of Topliss-reactive ketones (excluding diaryl/α,β-unsaturated/α-hetero) is 1. The summed E-state index contributed by atoms with van der Waals surface area (Å²) in [6, 6.07) is 30.3. The van der Waals surface area contributed by atoms with Gasteiger partial charge in [-0.25, -0.2) is 28.7 Å². The van der Waals surface area contributed by atoms with Gasteiger partial charge in [0.05, 0.1) is 44.7 Å². The van der Waals surface area contributed by atoms with E-state index in [-0.39, 0.29) is 18.8 Å². The highest BCUT2D eigenvalue weighted by Gasteiger charge is 2.24. The molecule has 7 heterocycles. The van der Waals surface area contributed by atoms with Gasteiger partial charge in [0.25, 0.3) is 0 Å². The highest BCUT2D eigenvalue weighted by molar-refractivity contribution is 9.10. The minimum Gasteiger partial charge on any atom is -0.384 e. The monoisotopic (exact) mass is 1020 g/mol. The lowest BCUT2D eigenvalue weighted by Gasteiger charge is -2.10. The van der Waals surface area contributed by atoms with E-state index in [0.29, 0.717) is 60.9 Å². The van der Waals surface area contributed by atoms with E-state index in [1.165, 1.54) is 30.3 Å². The Hall–Kier alpha value is -5.25. The summed E-state index contributed by atoms with van der Waals surface area (Å²) >= 11 is 22.0. The number of anilines is 1. The van der Waals surface area contributed by atoms with Crippen molar-refractivity contribution in [2.45, 2.75) is 12.3 Å². The van der Waals surface area contributed by atoms with Crippen LogP contribution in [0.4, 0.5) is 14.6 Å². The molecule has 1 atom stereocenters. The van der Waals surface area contributed by atoms with E-state index in [1.54, 1.807) is 48.9 Å². The van der Waals surface area contributed by atoms with E-state index in [4.69, 9.17) is 33.9 Å². The van der Waals surface area contributed by atoms with Gasteiger partial charge in [0.2, 0.25) is 0 Å². The summed E-state index contributed by atoms with van der Waals surface area (Å²) in [6.07, 6.45) is 6.94. The Morgan fingerprint density at radius 1 is 0.695 bits per heavy atom. The van der Waals surface area contributed by atoms with E-state index >= 15 is 0 Å². The smallest absolute Gasteiger partial charge is 0.185 e. The number of imidazole rings is 1. The highest BCUT2D eigenvalue weighted by atomic mass is 79.9. The minimum atomic E-state index is -0.779. The number of carbonyl (C=O) groups is 1. The number of carbonyl (C=O) groups excluding carboxylic acids is 1. The fraction of sp³-hybridized carbons (Fsp3) is 0.0465. The zero-order chi connectivity index (χ0) is 40.9. The van der Waals surface area contributed by atoms with Crippen LogP contribution >= 0.6 is 71.0 Å². The van der Waals surface area contributed by atoms with Crippen LogP contribution in [0.15, 0.2) is 143 Å². The van der Waals surface area contributed by atoms with Crippen LogP contribution in [0.2, 0.25) is 10.0 Å². The molecule has 0 fully saturated rings. The average molecular weight is 1020 g/mol. The maximum atomic E-state index is 14.6. The minimum absolute atomic E-state index is 0. The summed E-state index contributed by atoms with van der Waals surface area (Å²) in [5.41, 5.74) is 11.4. The first kappa shape index (κ1) is 43.3. The number of nitrogens with two attached hydrogens (primary N) is 1. The molecule has 296 valence electrons. The second-order valence-corrected chi connectivity index (χ2v) is 15.9. The van der Waals surface area contributed by atoms with Crippen molar-refractivity contribution in [1.29, 1.82) is 0 Å². The Morgan fingerprint density at radius 3 is 2.00 bits per heavy atom. The largest absolute Gasteiger partial charge is 0.384 e. The summed E-state index contributed by atoms with van der Waals surface area (Å²) in [6.45, 7) is 0. The number of aromatic nitrogens is 7. The SMILES string of the molecule is C.Fc1ccc(Cl)cc1-c1nc2ccccn2c1-c1ccc2ncc(Br)cc2n1.Nc1ccccn1.O=C(c1cc(Cl)ccc1F)C(Br)c1ccc2ncc(Br)cc2n1. The van der Waals surface area contributed by atoms with Gasteiger partial charge in [0.15, 0.2) is 5.78 Å². The number of ketones is 1. The fourth-order valence-electron chi connectivity index (χ4n) is 5.69. The van der Waals surface area contributed by atoms with Gasteiger partial charge in [0.1, 0.15) is 33.6 Å². The maximum absolute atomic E-state index is 14.6. The second-order valence-electron chi connectivity index (χ2n) is 12.3.